The van der Waals surface area contributed by atoms with Crippen molar-refractivity contribution in [3.63, 3.8) is 0 Å². The number of amides is 1. The van der Waals surface area contributed by atoms with Crippen molar-refractivity contribution in [2.75, 3.05) is 0 Å². The Balaban J connectivity index is 1.65. The van der Waals surface area contributed by atoms with E-state index in [0.29, 0.717) is 11.5 Å². The molecule has 1 aliphatic rings. The van der Waals surface area contributed by atoms with Gasteiger partial charge in [-0.3, -0.25) is 4.79 Å². The summed E-state index contributed by atoms with van der Waals surface area (Å²) in [6, 6.07) is 14.5. The molecule has 0 aliphatic heterocycles. The van der Waals surface area contributed by atoms with Gasteiger partial charge >= 0.3 is 0 Å². The fourth-order valence-electron chi connectivity index (χ4n) is 2.33. The Morgan fingerprint density at radius 1 is 1.20 bits per heavy atom. The lowest BCUT2D eigenvalue weighted by Gasteiger charge is -2.06. The van der Waals surface area contributed by atoms with Gasteiger partial charge in [0.25, 0.3) is 5.91 Å². The molecule has 2 unspecified atom stereocenters. The Kier molecular flexibility index (Phi) is 3.49. The van der Waals surface area contributed by atoms with Crippen LogP contribution in [-0.4, -0.2) is 11.9 Å². The molecule has 3 rings (SSSR count). The number of benzene rings is 2. The van der Waals surface area contributed by atoms with Gasteiger partial charge in [-0.25, -0.2) is 4.39 Å². The molecule has 0 spiro atoms. The highest BCUT2D eigenvalue weighted by Gasteiger charge is 2.39. The number of hydrogen-bond acceptors (Lipinski definition) is 2. The van der Waals surface area contributed by atoms with E-state index in [4.69, 9.17) is 0 Å². The van der Waals surface area contributed by atoms with Crippen LogP contribution in [0.1, 0.15) is 28.3 Å². The topological polar surface area (TPSA) is 29.1 Å². The van der Waals surface area contributed by atoms with Gasteiger partial charge in [-0.1, -0.05) is 30.3 Å². The monoisotopic (exact) mass is 287 g/mol. The molecule has 2 nitrogen and oxygen atoms in total. The number of hydrogen-bond donors (Lipinski definition) is 2. The van der Waals surface area contributed by atoms with Crippen molar-refractivity contribution >= 4 is 18.5 Å². The average molecular weight is 287 g/mol. The number of carbonyl (C=O) groups is 1. The van der Waals surface area contributed by atoms with Crippen molar-refractivity contribution in [1.82, 2.24) is 5.32 Å². The molecular weight excluding hydrogens is 273 g/mol. The Bertz CT molecular complexity index is 644. The van der Waals surface area contributed by atoms with E-state index in [1.165, 1.54) is 23.8 Å². The Morgan fingerprint density at radius 2 is 1.95 bits per heavy atom. The first-order valence-corrected chi connectivity index (χ1v) is 6.94. The van der Waals surface area contributed by atoms with E-state index in [9.17, 15) is 9.18 Å². The zero-order chi connectivity index (χ0) is 14.1. The summed E-state index contributed by atoms with van der Waals surface area (Å²) in [6.45, 7) is 0. The molecule has 0 saturated heterocycles. The fourth-order valence-corrected chi connectivity index (χ4v) is 2.54. The number of rotatable bonds is 3. The van der Waals surface area contributed by atoms with Crippen molar-refractivity contribution in [2.24, 2.45) is 0 Å². The van der Waals surface area contributed by atoms with Gasteiger partial charge in [0.2, 0.25) is 0 Å². The molecule has 1 saturated carbocycles. The predicted octanol–water partition coefficient (Wildman–Crippen LogP) is 3.40. The smallest absolute Gasteiger partial charge is 0.251 e. The lowest BCUT2D eigenvalue weighted by atomic mass is 10.1. The van der Waals surface area contributed by atoms with Gasteiger partial charge in [0.1, 0.15) is 5.82 Å². The maximum Gasteiger partial charge on any atom is 0.251 e. The third-order valence-corrected chi connectivity index (χ3v) is 3.89. The van der Waals surface area contributed by atoms with Crippen LogP contribution in [0.15, 0.2) is 53.4 Å². The summed E-state index contributed by atoms with van der Waals surface area (Å²) in [6.07, 6.45) is 0.949. The molecule has 1 fully saturated rings. The van der Waals surface area contributed by atoms with Crippen LogP contribution in [0.5, 0.6) is 0 Å². The summed E-state index contributed by atoms with van der Waals surface area (Å²) >= 11 is 3.99. The third-order valence-electron chi connectivity index (χ3n) is 3.54. The van der Waals surface area contributed by atoms with Crippen LogP contribution < -0.4 is 5.32 Å². The quantitative estimate of drug-likeness (QED) is 0.832. The maximum absolute atomic E-state index is 13.1. The van der Waals surface area contributed by atoms with E-state index >= 15 is 0 Å². The first-order chi connectivity index (χ1) is 9.65. The predicted molar refractivity (Wildman–Crippen MR) is 78.7 cm³/mol. The number of thiol groups is 1. The zero-order valence-corrected chi connectivity index (χ0v) is 11.6. The lowest BCUT2D eigenvalue weighted by molar-refractivity contribution is 0.0950. The van der Waals surface area contributed by atoms with Crippen molar-refractivity contribution < 1.29 is 9.18 Å². The summed E-state index contributed by atoms with van der Waals surface area (Å²) in [5.74, 6) is -0.210. The molecule has 2 atom stereocenters. The van der Waals surface area contributed by atoms with E-state index in [0.717, 1.165) is 6.42 Å². The van der Waals surface area contributed by atoms with Crippen LogP contribution in [0.3, 0.4) is 0 Å². The van der Waals surface area contributed by atoms with Crippen molar-refractivity contribution in [1.29, 1.82) is 0 Å². The summed E-state index contributed by atoms with van der Waals surface area (Å²) < 4.78 is 13.1. The summed E-state index contributed by atoms with van der Waals surface area (Å²) in [4.78, 5) is 12.3. The molecular formula is C16H14FNOS. The number of halogens is 1. The molecule has 20 heavy (non-hydrogen) atoms. The normalized spacial score (nSPS) is 20.5. The second kappa shape index (κ2) is 5.29. The summed E-state index contributed by atoms with van der Waals surface area (Å²) in [5.41, 5.74) is 1.68. The Morgan fingerprint density at radius 3 is 2.65 bits per heavy atom. The van der Waals surface area contributed by atoms with Gasteiger partial charge in [-0.15, -0.1) is 12.6 Å². The largest absolute Gasteiger partial charge is 0.349 e. The second-order valence-electron chi connectivity index (χ2n) is 5.00. The minimum Gasteiger partial charge on any atom is -0.349 e. The Hall–Kier alpha value is -1.81. The van der Waals surface area contributed by atoms with Crippen LogP contribution in [0, 0.1) is 5.82 Å². The lowest BCUT2D eigenvalue weighted by Crippen LogP contribution is -2.26. The highest BCUT2D eigenvalue weighted by molar-refractivity contribution is 7.80. The number of carbonyl (C=O) groups excluding carboxylic acids is 1. The fraction of sp³-hybridized carbons (Fsp3) is 0.188. The molecule has 1 amide bonds. The van der Waals surface area contributed by atoms with Gasteiger partial charge in [0, 0.05) is 22.4 Å². The molecule has 0 heterocycles. The minimum atomic E-state index is -0.418. The van der Waals surface area contributed by atoms with Gasteiger partial charge in [0.05, 0.1) is 0 Å². The van der Waals surface area contributed by atoms with E-state index in [-0.39, 0.29) is 16.8 Å². The first-order valence-electron chi connectivity index (χ1n) is 6.49. The maximum atomic E-state index is 13.1. The molecule has 102 valence electrons. The van der Waals surface area contributed by atoms with E-state index in [1.807, 2.05) is 18.2 Å². The molecule has 1 aliphatic carbocycles. The molecule has 0 bridgehead atoms. The van der Waals surface area contributed by atoms with Crippen LogP contribution in [0.4, 0.5) is 4.39 Å². The molecule has 2 aromatic rings. The van der Waals surface area contributed by atoms with Gasteiger partial charge in [-0.2, -0.15) is 0 Å². The standard InChI is InChI=1S/C16H14FNOS/c17-13-7-6-11(8-15(13)20)16(19)18-14-9-12(14)10-4-2-1-3-5-10/h1-8,12,14,20H,9H2,(H,18,19). The van der Waals surface area contributed by atoms with E-state index < -0.39 is 5.82 Å². The SMILES string of the molecule is O=C(NC1CC1c1ccccc1)c1ccc(F)c(S)c1. The summed E-state index contributed by atoms with van der Waals surface area (Å²) in [7, 11) is 0. The van der Waals surface area contributed by atoms with Gasteiger partial charge in [0.15, 0.2) is 0 Å². The molecule has 1 N–H and O–H groups in total. The van der Waals surface area contributed by atoms with Crippen LogP contribution in [0.2, 0.25) is 0 Å². The highest BCUT2D eigenvalue weighted by atomic mass is 32.1. The summed E-state index contributed by atoms with van der Waals surface area (Å²) in [5, 5.41) is 2.97. The second-order valence-corrected chi connectivity index (χ2v) is 5.48. The first kappa shape index (κ1) is 13.2. The molecule has 0 radical (unpaired) electrons. The van der Waals surface area contributed by atoms with Crippen molar-refractivity contribution in [3.8, 4) is 0 Å². The molecule has 4 heteroatoms. The molecule has 0 aromatic heterocycles. The molecule has 2 aromatic carbocycles. The van der Waals surface area contributed by atoms with Crippen LogP contribution in [0.25, 0.3) is 0 Å². The minimum absolute atomic E-state index is 0.165. The van der Waals surface area contributed by atoms with Gasteiger partial charge < -0.3 is 5.32 Å². The van der Waals surface area contributed by atoms with Crippen molar-refractivity contribution in [3.05, 3.63) is 65.5 Å². The van der Waals surface area contributed by atoms with E-state index in [2.05, 4.69) is 30.1 Å². The third kappa shape index (κ3) is 2.70. The zero-order valence-electron chi connectivity index (χ0n) is 10.7. The Labute approximate surface area is 122 Å². The van der Waals surface area contributed by atoms with Crippen molar-refractivity contribution in [2.45, 2.75) is 23.3 Å². The van der Waals surface area contributed by atoms with Gasteiger partial charge in [-0.05, 0) is 30.2 Å². The van der Waals surface area contributed by atoms with Crippen LogP contribution >= 0.6 is 12.6 Å². The van der Waals surface area contributed by atoms with Crippen LogP contribution in [-0.2, 0) is 0 Å². The highest BCUT2D eigenvalue weighted by Crippen LogP contribution is 2.40. The van der Waals surface area contributed by atoms with E-state index in [1.54, 1.807) is 0 Å². The average Bonchev–Trinajstić information content (AvgIpc) is 3.22. The number of nitrogens with one attached hydrogen (secondary N) is 1.